The van der Waals surface area contributed by atoms with Gasteiger partial charge in [-0.05, 0) is 49.1 Å². The summed E-state index contributed by atoms with van der Waals surface area (Å²) in [4.78, 5) is 21.7. The van der Waals surface area contributed by atoms with Crippen LogP contribution in [0, 0.1) is 0 Å². The van der Waals surface area contributed by atoms with Crippen molar-refractivity contribution in [3.63, 3.8) is 0 Å². The number of aromatic nitrogens is 2. The number of carbonyl (C=O) groups excluding carboxylic acids is 1. The quantitative estimate of drug-likeness (QED) is 0.474. The molecule has 34 heavy (non-hydrogen) atoms. The number of amides is 1. The van der Waals surface area contributed by atoms with Crippen LogP contribution in [-0.4, -0.2) is 53.5 Å². The third-order valence-electron chi connectivity index (χ3n) is 6.39. The Morgan fingerprint density at radius 3 is 3.03 bits per heavy atom. The molecule has 2 aliphatic heterocycles. The number of para-hydroxylation sites is 1. The summed E-state index contributed by atoms with van der Waals surface area (Å²) in [5.74, 6) is 1.87. The van der Waals surface area contributed by atoms with E-state index in [1.165, 1.54) is 11.8 Å². The first-order valence-electron chi connectivity index (χ1n) is 11.5. The van der Waals surface area contributed by atoms with Gasteiger partial charge in [-0.25, -0.2) is 4.98 Å². The summed E-state index contributed by atoms with van der Waals surface area (Å²) in [7, 11) is 1.66. The van der Waals surface area contributed by atoms with Gasteiger partial charge in [-0.3, -0.25) is 9.78 Å². The third-order valence-corrected chi connectivity index (χ3v) is 7.44. The smallest absolute Gasteiger partial charge is 0.235 e. The fraction of sp³-hybridized carbons (Fsp3) is 0.400. The predicted octanol–water partition coefficient (Wildman–Crippen LogP) is 2.89. The van der Waals surface area contributed by atoms with E-state index in [4.69, 9.17) is 15.2 Å². The molecule has 178 valence electrons. The Morgan fingerprint density at radius 1 is 1.29 bits per heavy atom. The maximum atomic E-state index is 11.6. The van der Waals surface area contributed by atoms with Crippen molar-refractivity contribution in [2.45, 2.75) is 48.9 Å². The number of pyridine rings is 2. The number of methoxy groups -OCH3 is 1. The summed E-state index contributed by atoms with van der Waals surface area (Å²) in [6.07, 6.45) is 4.43. The number of rotatable bonds is 7. The molecule has 3 aromatic rings. The zero-order valence-electron chi connectivity index (χ0n) is 19.1. The largest absolute Gasteiger partial charge is 0.494 e. The minimum absolute atomic E-state index is 0.00271. The number of nitrogens with zero attached hydrogens (tertiary/aromatic N) is 2. The van der Waals surface area contributed by atoms with Crippen molar-refractivity contribution in [3.8, 4) is 5.75 Å². The summed E-state index contributed by atoms with van der Waals surface area (Å²) in [6, 6.07) is 12.2. The molecule has 0 radical (unpaired) electrons. The molecule has 9 heteroatoms. The van der Waals surface area contributed by atoms with Crippen LogP contribution in [0.5, 0.6) is 5.75 Å². The Kier molecular flexibility index (Phi) is 6.96. The van der Waals surface area contributed by atoms with E-state index in [-0.39, 0.29) is 24.1 Å². The van der Waals surface area contributed by atoms with E-state index in [0.29, 0.717) is 24.7 Å². The zero-order valence-corrected chi connectivity index (χ0v) is 19.9. The molecule has 1 fully saturated rings. The Balaban J connectivity index is 1.14. The molecule has 0 bridgehead atoms. The molecule has 8 nitrogen and oxygen atoms in total. The zero-order chi connectivity index (χ0) is 23.5. The summed E-state index contributed by atoms with van der Waals surface area (Å²) in [6.45, 7) is 1.24. The van der Waals surface area contributed by atoms with Gasteiger partial charge >= 0.3 is 0 Å². The Labute approximate surface area is 203 Å². The van der Waals surface area contributed by atoms with Crippen LogP contribution in [-0.2, 0) is 22.5 Å². The van der Waals surface area contributed by atoms with Gasteiger partial charge in [0.05, 0.1) is 36.2 Å². The second-order valence-electron chi connectivity index (χ2n) is 8.71. The fourth-order valence-corrected chi connectivity index (χ4v) is 5.31. The number of thioether (sulfide) groups is 1. The third kappa shape index (κ3) is 5.02. The molecule has 2 aromatic heterocycles. The van der Waals surface area contributed by atoms with Gasteiger partial charge in [-0.2, -0.15) is 0 Å². The Morgan fingerprint density at radius 2 is 2.21 bits per heavy atom. The number of anilines is 1. The lowest BCUT2D eigenvalue weighted by Gasteiger charge is -2.33. The van der Waals surface area contributed by atoms with E-state index in [0.717, 1.165) is 52.1 Å². The number of nitrogens with two attached hydrogens (primary N) is 1. The second-order valence-corrected chi connectivity index (χ2v) is 9.72. The number of ether oxygens (including phenoxy) is 2. The highest BCUT2D eigenvalue weighted by Gasteiger charge is 2.27. The molecule has 4 N–H and O–H groups in total. The van der Waals surface area contributed by atoms with E-state index < -0.39 is 0 Å². The highest BCUT2D eigenvalue weighted by molar-refractivity contribution is 8.00. The molecular formula is C25H29N5O3S. The monoisotopic (exact) mass is 479 g/mol. The predicted molar refractivity (Wildman–Crippen MR) is 133 cm³/mol. The summed E-state index contributed by atoms with van der Waals surface area (Å²) < 4.78 is 11.6. The minimum atomic E-state index is -0.0961. The van der Waals surface area contributed by atoms with Crippen LogP contribution in [0.25, 0.3) is 10.9 Å². The van der Waals surface area contributed by atoms with Crippen LogP contribution in [0.1, 0.15) is 24.1 Å². The highest BCUT2D eigenvalue weighted by atomic mass is 32.2. The van der Waals surface area contributed by atoms with Crippen molar-refractivity contribution in [3.05, 3.63) is 53.9 Å². The van der Waals surface area contributed by atoms with Crippen LogP contribution < -0.4 is 21.1 Å². The average Bonchev–Trinajstić information content (AvgIpc) is 2.87. The fourth-order valence-electron chi connectivity index (χ4n) is 4.56. The first-order chi connectivity index (χ1) is 16.6. The first-order valence-corrected chi connectivity index (χ1v) is 12.5. The van der Waals surface area contributed by atoms with Crippen LogP contribution in [0.3, 0.4) is 0 Å². The van der Waals surface area contributed by atoms with Gasteiger partial charge in [0.2, 0.25) is 5.91 Å². The number of hydrogen-bond donors (Lipinski definition) is 3. The number of nitrogens with one attached hydrogen (secondary N) is 2. The van der Waals surface area contributed by atoms with E-state index in [1.807, 2.05) is 36.5 Å². The van der Waals surface area contributed by atoms with Crippen LogP contribution in [0.4, 0.5) is 5.82 Å². The molecule has 1 saturated heterocycles. The molecule has 0 saturated carbocycles. The maximum Gasteiger partial charge on any atom is 0.235 e. The molecule has 0 unspecified atom stereocenters. The lowest BCUT2D eigenvalue weighted by molar-refractivity contribution is -0.113. The van der Waals surface area contributed by atoms with E-state index in [2.05, 4.69) is 26.7 Å². The maximum absolute atomic E-state index is 11.6. The summed E-state index contributed by atoms with van der Waals surface area (Å²) in [5.41, 5.74) is 9.50. The van der Waals surface area contributed by atoms with Gasteiger partial charge in [0.25, 0.3) is 0 Å². The molecule has 2 aliphatic rings. The van der Waals surface area contributed by atoms with Gasteiger partial charge in [-0.15, -0.1) is 11.8 Å². The van der Waals surface area contributed by atoms with Gasteiger partial charge in [0, 0.05) is 30.2 Å². The number of carbonyl (C=O) groups is 1. The SMILES string of the molecule is COc1cccc2c(C[C@@H](N)[C@@H]3CC[C@@H](NCc4ccc5c(n4)NC(=O)CS5)CO3)ccnc12. The molecule has 1 aromatic carbocycles. The van der Waals surface area contributed by atoms with Crippen molar-refractivity contribution in [1.29, 1.82) is 0 Å². The summed E-state index contributed by atoms with van der Waals surface area (Å²) >= 11 is 1.52. The molecule has 0 spiro atoms. The Bertz CT molecular complexity index is 1180. The molecule has 4 heterocycles. The standard InChI is InChI=1S/C25H29N5O3S/c1-32-21-4-2-3-18-15(9-10-27-24(18)21)11-19(26)20-7-5-17(13-33-20)28-12-16-6-8-22-25(29-16)30-23(31)14-34-22/h2-4,6,8-10,17,19-20,28H,5,7,11-14,26H2,1H3,(H,29,30,31)/t17-,19-,20+/m1/s1. The van der Waals surface area contributed by atoms with Crippen molar-refractivity contribution in [2.24, 2.45) is 5.73 Å². The number of benzene rings is 1. The van der Waals surface area contributed by atoms with Crippen molar-refractivity contribution in [1.82, 2.24) is 15.3 Å². The first kappa shape index (κ1) is 23.0. The number of fused-ring (bicyclic) bond motifs is 2. The summed E-state index contributed by atoms with van der Waals surface area (Å²) in [5, 5.41) is 7.45. The van der Waals surface area contributed by atoms with E-state index in [1.54, 1.807) is 7.11 Å². The molecular weight excluding hydrogens is 450 g/mol. The minimum Gasteiger partial charge on any atom is -0.494 e. The van der Waals surface area contributed by atoms with Gasteiger partial charge < -0.3 is 25.8 Å². The van der Waals surface area contributed by atoms with Crippen molar-refractivity contribution >= 4 is 34.4 Å². The highest BCUT2D eigenvalue weighted by Crippen LogP contribution is 2.30. The van der Waals surface area contributed by atoms with Crippen LogP contribution in [0.2, 0.25) is 0 Å². The van der Waals surface area contributed by atoms with Gasteiger partial charge in [-0.1, -0.05) is 12.1 Å². The molecule has 5 rings (SSSR count). The van der Waals surface area contributed by atoms with Crippen LogP contribution in [0.15, 0.2) is 47.5 Å². The van der Waals surface area contributed by atoms with Gasteiger partial charge in [0.1, 0.15) is 17.1 Å². The van der Waals surface area contributed by atoms with E-state index >= 15 is 0 Å². The average molecular weight is 480 g/mol. The van der Waals surface area contributed by atoms with Crippen molar-refractivity contribution in [2.75, 3.05) is 24.8 Å². The van der Waals surface area contributed by atoms with E-state index in [9.17, 15) is 4.79 Å². The normalized spacial score (nSPS) is 21.1. The molecule has 0 aliphatic carbocycles. The second kappa shape index (κ2) is 10.3. The lowest BCUT2D eigenvalue weighted by atomic mass is 9.94. The van der Waals surface area contributed by atoms with Crippen LogP contribution >= 0.6 is 11.8 Å². The molecule has 3 atom stereocenters. The molecule has 1 amide bonds. The Hall–Kier alpha value is -2.72. The van der Waals surface area contributed by atoms with Gasteiger partial charge in [0.15, 0.2) is 0 Å². The van der Waals surface area contributed by atoms with Crippen molar-refractivity contribution < 1.29 is 14.3 Å². The topological polar surface area (TPSA) is 111 Å². The number of hydrogen-bond acceptors (Lipinski definition) is 8. The lowest BCUT2D eigenvalue weighted by Crippen LogP contribution is -2.47.